The fourth-order valence-electron chi connectivity index (χ4n) is 0.728. The van der Waals surface area contributed by atoms with Crippen LogP contribution in [0.15, 0.2) is 12.2 Å². The van der Waals surface area contributed by atoms with Crippen molar-refractivity contribution in [1.29, 1.82) is 0 Å². The first-order chi connectivity index (χ1) is 6.45. The molecule has 0 fully saturated rings. The van der Waals surface area contributed by atoms with Gasteiger partial charge in [0.1, 0.15) is 0 Å². The van der Waals surface area contributed by atoms with Crippen molar-refractivity contribution in [2.45, 2.75) is 20.3 Å². The topological polar surface area (TPSA) is 49.4 Å². The van der Waals surface area contributed by atoms with Crippen LogP contribution in [0.4, 0.5) is 0 Å². The molecule has 0 radical (unpaired) electrons. The predicted molar refractivity (Wildman–Crippen MR) is 55.7 cm³/mol. The Labute approximate surface area is 89.0 Å². The standard InChI is InChI=1S/C9H15ClN2O2/c1-7(2)9(14)11-5-4-6-12(10)8(3)13/h1,4-6H2,2-3H3,(H,11,14). The van der Waals surface area contributed by atoms with E-state index in [1.54, 1.807) is 6.92 Å². The summed E-state index contributed by atoms with van der Waals surface area (Å²) in [7, 11) is 0. The van der Waals surface area contributed by atoms with E-state index in [4.69, 9.17) is 11.8 Å². The summed E-state index contributed by atoms with van der Waals surface area (Å²) in [5.41, 5.74) is 0.472. The Bertz CT molecular complexity index is 241. The van der Waals surface area contributed by atoms with Crippen molar-refractivity contribution in [3.63, 3.8) is 0 Å². The zero-order chi connectivity index (χ0) is 11.1. The largest absolute Gasteiger partial charge is 0.352 e. The third-order valence-electron chi connectivity index (χ3n) is 1.55. The van der Waals surface area contributed by atoms with Gasteiger partial charge in [0.15, 0.2) is 0 Å². The van der Waals surface area contributed by atoms with Crippen LogP contribution >= 0.6 is 11.8 Å². The molecule has 0 aliphatic heterocycles. The van der Waals surface area contributed by atoms with E-state index in [9.17, 15) is 9.59 Å². The molecular weight excluding hydrogens is 204 g/mol. The molecule has 0 aromatic heterocycles. The normalized spacial score (nSPS) is 9.36. The molecule has 0 aromatic carbocycles. The van der Waals surface area contributed by atoms with Gasteiger partial charge in [0, 0.05) is 37.4 Å². The summed E-state index contributed by atoms with van der Waals surface area (Å²) in [6, 6.07) is 0. The maximum Gasteiger partial charge on any atom is 0.246 e. The van der Waals surface area contributed by atoms with Crippen LogP contribution in [-0.2, 0) is 9.59 Å². The second-order valence-corrected chi connectivity index (χ2v) is 3.40. The van der Waals surface area contributed by atoms with Gasteiger partial charge in [-0.2, -0.15) is 0 Å². The number of hydrogen-bond donors (Lipinski definition) is 1. The maximum atomic E-state index is 11.0. The number of nitrogens with one attached hydrogen (secondary N) is 1. The van der Waals surface area contributed by atoms with Gasteiger partial charge in [-0.15, -0.1) is 0 Å². The summed E-state index contributed by atoms with van der Waals surface area (Å²) in [4.78, 5) is 21.7. The minimum atomic E-state index is -0.196. The summed E-state index contributed by atoms with van der Waals surface area (Å²) in [5.74, 6) is -0.369. The molecule has 0 saturated heterocycles. The molecule has 0 heterocycles. The molecule has 80 valence electrons. The first kappa shape index (κ1) is 13.0. The molecule has 0 saturated carbocycles. The second-order valence-electron chi connectivity index (χ2n) is 2.99. The number of halogens is 1. The lowest BCUT2D eigenvalue weighted by atomic mass is 10.3. The third-order valence-corrected chi connectivity index (χ3v) is 1.95. The van der Waals surface area contributed by atoms with E-state index in [0.29, 0.717) is 25.1 Å². The van der Waals surface area contributed by atoms with Crippen LogP contribution in [0.2, 0.25) is 0 Å². The van der Waals surface area contributed by atoms with E-state index in [1.807, 2.05) is 0 Å². The van der Waals surface area contributed by atoms with Gasteiger partial charge in [-0.3, -0.25) is 14.0 Å². The SMILES string of the molecule is C=C(C)C(=O)NCCCN(Cl)C(C)=O. The molecule has 5 heteroatoms. The van der Waals surface area contributed by atoms with Crippen molar-refractivity contribution in [1.82, 2.24) is 9.74 Å². The highest BCUT2D eigenvalue weighted by Crippen LogP contribution is 1.96. The molecule has 2 amide bonds. The van der Waals surface area contributed by atoms with Gasteiger partial charge in [0.2, 0.25) is 11.8 Å². The van der Waals surface area contributed by atoms with Gasteiger partial charge in [-0.25, -0.2) is 0 Å². The molecule has 0 aliphatic rings. The van der Waals surface area contributed by atoms with E-state index >= 15 is 0 Å². The van der Waals surface area contributed by atoms with Crippen LogP contribution in [0.25, 0.3) is 0 Å². The predicted octanol–water partition coefficient (Wildman–Crippen LogP) is 1.07. The van der Waals surface area contributed by atoms with Crippen molar-refractivity contribution >= 4 is 23.6 Å². The van der Waals surface area contributed by atoms with Gasteiger partial charge in [-0.1, -0.05) is 6.58 Å². The van der Waals surface area contributed by atoms with Crippen LogP contribution in [0, 0.1) is 0 Å². The van der Waals surface area contributed by atoms with Crippen molar-refractivity contribution in [3.05, 3.63) is 12.2 Å². The van der Waals surface area contributed by atoms with E-state index in [-0.39, 0.29) is 11.8 Å². The van der Waals surface area contributed by atoms with Crippen molar-refractivity contribution in [2.24, 2.45) is 0 Å². The fraction of sp³-hybridized carbons (Fsp3) is 0.556. The van der Waals surface area contributed by atoms with E-state index in [0.717, 1.165) is 4.42 Å². The number of amides is 2. The molecule has 0 aromatic rings. The highest BCUT2D eigenvalue weighted by atomic mass is 35.5. The van der Waals surface area contributed by atoms with Crippen molar-refractivity contribution < 1.29 is 9.59 Å². The Morgan fingerprint density at radius 1 is 1.43 bits per heavy atom. The number of nitrogens with zero attached hydrogens (tertiary/aromatic N) is 1. The van der Waals surface area contributed by atoms with Crippen molar-refractivity contribution in [2.75, 3.05) is 13.1 Å². The smallest absolute Gasteiger partial charge is 0.246 e. The summed E-state index contributed by atoms with van der Waals surface area (Å²) < 4.78 is 1.09. The lowest BCUT2D eigenvalue weighted by molar-refractivity contribution is -0.124. The summed E-state index contributed by atoms with van der Waals surface area (Å²) in [5, 5.41) is 2.64. The fourth-order valence-corrected chi connectivity index (χ4v) is 0.848. The molecule has 0 unspecified atom stereocenters. The highest BCUT2D eigenvalue weighted by molar-refractivity contribution is 6.20. The Morgan fingerprint density at radius 3 is 2.43 bits per heavy atom. The quantitative estimate of drug-likeness (QED) is 0.426. The molecule has 0 bridgehead atoms. The van der Waals surface area contributed by atoms with Gasteiger partial charge in [-0.05, 0) is 13.3 Å². The van der Waals surface area contributed by atoms with E-state index in [2.05, 4.69) is 11.9 Å². The lowest BCUT2D eigenvalue weighted by Crippen LogP contribution is -2.28. The molecule has 0 rings (SSSR count). The second kappa shape index (κ2) is 6.43. The Morgan fingerprint density at radius 2 is 2.00 bits per heavy atom. The van der Waals surface area contributed by atoms with Crippen LogP contribution in [0.5, 0.6) is 0 Å². The molecular formula is C9H15ClN2O2. The molecule has 14 heavy (non-hydrogen) atoms. The van der Waals surface area contributed by atoms with Gasteiger partial charge >= 0.3 is 0 Å². The molecule has 0 aliphatic carbocycles. The molecule has 4 nitrogen and oxygen atoms in total. The summed E-state index contributed by atoms with van der Waals surface area (Å²) in [6.07, 6.45) is 0.627. The Hall–Kier alpha value is -1.03. The number of hydrogen-bond acceptors (Lipinski definition) is 2. The Balaban J connectivity index is 3.52. The average molecular weight is 219 g/mol. The van der Waals surface area contributed by atoms with E-state index < -0.39 is 0 Å². The summed E-state index contributed by atoms with van der Waals surface area (Å²) in [6.45, 7) is 7.43. The number of carbonyl (C=O) groups is 2. The van der Waals surface area contributed by atoms with Crippen LogP contribution in [-0.4, -0.2) is 29.3 Å². The van der Waals surface area contributed by atoms with Crippen molar-refractivity contribution in [3.8, 4) is 0 Å². The molecule has 0 spiro atoms. The van der Waals surface area contributed by atoms with Crippen LogP contribution in [0.3, 0.4) is 0 Å². The number of carbonyl (C=O) groups excluding carboxylic acids is 2. The maximum absolute atomic E-state index is 11.0. The molecule has 1 N–H and O–H groups in total. The highest BCUT2D eigenvalue weighted by Gasteiger charge is 2.04. The molecule has 0 atom stereocenters. The zero-order valence-corrected chi connectivity index (χ0v) is 9.23. The van der Waals surface area contributed by atoms with E-state index in [1.165, 1.54) is 6.92 Å². The summed E-state index contributed by atoms with van der Waals surface area (Å²) >= 11 is 5.55. The zero-order valence-electron chi connectivity index (χ0n) is 8.47. The third kappa shape index (κ3) is 5.59. The first-order valence-corrected chi connectivity index (χ1v) is 4.66. The van der Waals surface area contributed by atoms with Crippen LogP contribution in [0.1, 0.15) is 20.3 Å². The van der Waals surface area contributed by atoms with Gasteiger partial charge in [0.25, 0.3) is 0 Å². The lowest BCUT2D eigenvalue weighted by Gasteiger charge is -2.11. The minimum absolute atomic E-state index is 0.172. The van der Waals surface area contributed by atoms with Gasteiger partial charge < -0.3 is 5.32 Å². The van der Waals surface area contributed by atoms with Crippen LogP contribution < -0.4 is 5.32 Å². The monoisotopic (exact) mass is 218 g/mol. The Kier molecular flexibility index (Phi) is 5.95. The first-order valence-electron chi connectivity index (χ1n) is 4.32. The number of rotatable bonds is 5. The van der Waals surface area contributed by atoms with Gasteiger partial charge in [0.05, 0.1) is 0 Å². The average Bonchev–Trinajstić information content (AvgIpc) is 2.11. The minimum Gasteiger partial charge on any atom is -0.352 e.